The van der Waals surface area contributed by atoms with Gasteiger partial charge in [-0.25, -0.2) is 4.98 Å². The molecular weight excluding hydrogens is 371 g/mol. The summed E-state index contributed by atoms with van der Waals surface area (Å²) < 4.78 is 5.33. The van der Waals surface area contributed by atoms with Crippen molar-refractivity contribution in [3.8, 4) is 0 Å². The van der Waals surface area contributed by atoms with E-state index < -0.39 is 0 Å². The first-order chi connectivity index (χ1) is 10.8. The average Bonchev–Trinajstić information content (AvgIpc) is 2.95. The summed E-state index contributed by atoms with van der Waals surface area (Å²) in [7, 11) is 0. The van der Waals surface area contributed by atoms with Crippen LogP contribution in [-0.4, -0.2) is 48.6 Å². The zero-order valence-corrected chi connectivity index (χ0v) is 16.3. The summed E-state index contributed by atoms with van der Waals surface area (Å²) >= 11 is 1.50. The molecule has 0 aliphatic carbocycles. The maximum Gasteiger partial charge on any atom is 0.226 e. The van der Waals surface area contributed by atoms with Gasteiger partial charge in [0.05, 0.1) is 18.9 Å². The van der Waals surface area contributed by atoms with Gasteiger partial charge in [-0.2, -0.15) is 0 Å². The fourth-order valence-corrected chi connectivity index (χ4v) is 3.11. The smallest absolute Gasteiger partial charge is 0.226 e. The summed E-state index contributed by atoms with van der Waals surface area (Å²) in [6.07, 6.45) is 4.68. The largest absolute Gasteiger partial charge is 0.379 e. The van der Waals surface area contributed by atoms with Crippen molar-refractivity contribution in [3.63, 3.8) is 0 Å². The molecule has 0 aromatic carbocycles. The first-order valence-electron chi connectivity index (χ1n) is 8.02. The summed E-state index contributed by atoms with van der Waals surface area (Å²) in [5.74, 6) is 0.0556. The molecule has 24 heavy (non-hydrogen) atoms. The van der Waals surface area contributed by atoms with Crippen LogP contribution in [0.15, 0.2) is 5.38 Å². The lowest BCUT2D eigenvalue weighted by Gasteiger charge is -2.25. The maximum atomic E-state index is 11.8. The topological polar surface area (TPSA) is 80.5 Å². The van der Waals surface area contributed by atoms with E-state index in [1.807, 2.05) is 5.38 Å². The summed E-state index contributed by atoms with van der Waals surface area (Å²) in [6.45, 7) is 5.03. The van der Waals surface area contributed by atoms with Gasteiger partial charge in [0.25, 0.3) is 0 Å². The highest BCUT2D eigenvalue weighted by Crippen LogP contribution is 2.18. The number of thiazole rings is 1. The number of nitrogens with one attached hydrogen (secondary N) is 1. The molecule has 1 saturated heterocycles. The number of nitrogens with two attached hydrogens (primary N) is 1. The molecule has 0 radical (unpaired) electrons. The summed E-state index contributed by atoms with van der Waals surface area (Å²) in [4.78, 5) is 18.7. The third-order valence-corrected chi connectivity index (χ3v) is 4.45. The quantitative estimate of drug-likeness (QED) is 0.624. The number of anilines is 1. The van der Waals surface area contributed by atoms with Crippen molar-refractivity contribution in [1.82, 2.24) is 9.88 Å². The van der Waals surface area contributed by atoms with Gasteiger partial charge in [0.15, 0.2) is 5.13 Å². The molecule has 3 N–H and O–H groups in total. The molecule has 140 valence electrons. The highest BCUT2D eigenvalue weighted by molar-refractivity contribution is 7.13. The number of hydrogen-bond donors (Lipinski definition) is 2. The predicted octanol–water partition coefficient (Wildman–Crippen LogP) is 2.67. The van der Waals surface area contributed by atoms with Crippen LogP contribution >= 0.6 is 36.2 Å². The number of carbonyl (C=O) groups excluding carboxylic acids is 1. The molecule has 0 atom stereocenters. The maximum absolute atomic E-state index is 11.8. The zero-order valence-electron chi connectivity index (χ0n) is 13.9. The molecule has 6 nitrogen and oxygen atoms in total. The van der Waals surface area contributed by atoms with Gasteiger partial charge in [0.1, 0.15) is 0 Å². The number of morpholine rings is 1. The SMILES string of the molecule is Cl.Cl.NCCCCCCC(=O)Nc1nc(CN2CCOCC2)cs1. The van der Waals surface area contributed by atoms with E-state index in [0.717, 1.165) is 70.8 Å². The number of nitrogens with zero attached hydrogens (tertiary/aromatic N) is 2. The number of ether oxygens (including phenoxy) is 1. The van der Waals surface area contributed by atoms with E-state index in [0.29, 0.717) is 11.6 Å². The van der Waals surface area contributed by atoms with Crippen LogP contribution in [0.5, 0.6) is 0 Å². The average molecular weight is 399 g/mol. The molecule has 1 amide bonds. The van der Waals surface area contributed by atoms with Crippen LogP contribution in [-0.2, 0) is 16.1 Å². The molecule has 1 aromatic heterocycles. The van der Waals surface area contributed by atoms with Crippen molar-refractivity contribution in [2.75, 3.05) is 38.2 Å². The molecular formula is C15H28Cl2N4O2S. The van der Waals surface area contributed by atoms with Gasteiger partial charge in [0, 0.05) is 31.4 Å². The molecule has 2 heterocycles. The molecule has 1 aliphatic rings. The Bertz CT molecular complexity index is 456. The van der Waals surface area contributed by atoms with E-state index in [4.69, 9.17) is 10.5 Å². The van der Waals surface area contributed by atoms with Gasteiger partial charge >= 0.3 is 0 Å². The highest BCUT2D eigenvalue weighted by atomic mass is 35.5. The van der Waals surface area contributed by atoms with Crippen molar-refractivity contribution in [2.45, 2.75) is 38.6 Å². The van der Waals surface area contributed by atoms with E-state index >= 15 is 0 Å². The minimum atomic E-state index is 0. The molecule has 9 heteroatoms. The lowest BCUT2D eigenvalue weighted by molar-refractivity contribution is -0.116. The second kappa shape index (κ2) is 13.8. The van der Waals surface area contributed by atoms with Crippen LogP contribution in [0.25, 0.3) is 0 Å². The molecule has 1 aromatic rings. The van der Waals surface area contributed by atoms with E-state index in [1.165, 1.54) is 11.3 Å². The van der Waals surface area contributed by atoms with Crippen LogP contribution in [0, 0.1) is 0 Å². The van der Waals surface area contributed by atoms with Crippen molar-refractivity contribution < 1.29 is 9.53 Å². The Kier molecular flexibility index (Phi) is 13.6. The molecule has 1 aliphatic heterocycles. The lowest BCUT2D eigenvalue weighted by atomic mass is 10.1. The molecule has 2 rings (SSSR count). The van der Waals surface area contributed by atoms with Gasteiger partial charge in [0.2, 0.25) is 5.91 Å². The first kappa shape index (κ1) is 23.6. The number of amides is 1. The monoisotopic (exact) mass is 398 g/mol. The van der Waals surface area contributed by atoms with Crippen LogP contribution < -0.4 is 11.1 Å². The lowest BCUT2D eigenvalue weighted by Crippen LogP contribution is -2.35. The molecule has 0 unspecified atom stereocenters. The summed E-state index contributed by atoms with van der Waals surface area (Å²) in [6, 6.07) is 0. The Balaban J connectivity index is 0.00000264. The Labute approximate surface area is 160 Å². The van der Waals surface area contributed by atoms with Crippen LogP contribution in [0.3, 0.4) is 0 Å². The first-order valence-corrected chi connectivity index (χ1v) is 8.90. The number of rotatable bonds is 9. The minimum Gasteiger partial charge on any atom is -0.379 e. The van der Waals surface area contributed by atoms with E-state index in [9.17, 15) is 4.79 Å². The summed E-state index contributed by atoms with van der Waals surface area (Å²) in [5.41, 5.74) is 6.46. The predicted molar refractivity (Wildman–Crippen MR) is 103 cm³/mol. The number of aromatic nitrogens is 1. The Hall–Kier alpha value is -0.440. The third kappa shape index (κ3) is 9.15. The van der Waals surface area contributed by atoms with Crippen LogP contribution in [0.2, 0.25) is 0 Å². The second-order valence-electron chi connectivity index (χ2n) is 5.53. The minimum absolute atomic E-state index is 0. The normalized spacial score (nSPS) is 14.5. The number of carbonyl (C=O) groups is 1. The van der Waals surface area contributed by atoms with E-state index in [2.05, 4.69) is 15.2 Å². The van der Waals surface area contributed by atoms with Crippen LogP contribution in [0.1, 0.15) is 37.8 Å². The number of hydrogen-bond acceptors (Lipinski definition) is 6. The number of halogens is 2. The Morgan fingerprint density at radius 2 is 1.96 bits per heavy atom. The van der Waals surface area contributed by atoms with Crippen molar-refractivity contribution in [3.05, 3.63) is 11.1 Å². The van der Waals surface area contributed by atoms with Gasteiger partial charge < -0.3 is 15.8 Å². The van der Waals surface area contributed by atoms with Gasteiger partial charge in [-0.15, -0.1) is 36.2 Å². The standard InChI is InChI=1S/C15H26N4O2S.2ClH/c16-6-4-2-1-3-5-14(20)18-15-17-13(12-22-15)11-19-7-9-21-10-8-19;;/h12H,1-11,16H2,(H,17,18,20);2*1H. The van der Waals surface area contributed by atoms with Gasteiger partial charge in [-0.1, -0.05) is 12.8 Å². The van der Waals surface area contributed by atoms with E-state index in [1.54, 1.807) is 0 Å². The fourth-order valence-electron chi connectivity index (χ4n) is 2.39. The Morgan fingerprint density at radius 1 is 1.25 bits per heavy atom. The van der Waals surface area contributed by atoms with Crippen LogP contribution in [0.4, 0.5) is 5.13 Å². The zero-order chi connectivity index (χ0) is 15.6. The van der Waals surface area contributed by atoms with Crippen molar-refractivity contribution in [1.29, 1.82) is 0 Å². The highest BCUT2D eigenvalue weighted by Gasteiger charge is 2.13. The Morgan fingerprint density at radius 3 is 2.67 bits per heavy atom. The molecule has 0 saturated carbocycles. The van der Waals surface area contributed by atoms with Crippen molar-refractivity contribution in [2.24, 2.45) is 5.73 Å². The summed E-state index contributed by atoms with van der Waals surface area (Å²) in [5, 5.41) is 5.62. The number of unbranched alkanes of at least 4 members (excludes halogenated alkanes) is 3. The van der Waals surface area contributed by atoms with Crippen molar-refractivity contribution >= 4 is 47.2 Å². The molecule has 1 fully saturated rings. The molecule has 0 bridgehead atoms. The third-order valence-electron chi connectivity index (χ3n) is 3.65. The fraction of sp³-hybridized carbons (Fsp3) is 0.733. The van der Waals surface area contributed by atoms with Gasteiger partial charge in [-0.05, 0) is 19.4 Å². The second-order valence-corrected chi connectivity index (χ2v) is 6.39. The molecule has 0 spiro atoms. The van der Waals surface area contributed by atoms with E-state index in [-0.39, 0.29) is 30.7 Å². The van der Waals surface area contributed by atoms with Gasteiger partial charge in [-0.3, -0.25) is 9.69 Å².